The highest BCUT2D eigenvalue weighted by Crippen LogP contribution is 2.26. The first-order valence-corrected chi connectivity index (χ1v) is 6.70. The minimum absolute atomic E-state index is 0.0175. The van der Waals surface area contributed by atoms with Crippen LogP contribution in [-0.2, 0) is 0 Å². The largest absolute Gasteiger partial charge is 0.416 e. The smallest absolute Gasteiger partial charge is 0.338 e. The molecule has 0 unspecified atom stereocenters. The zero-order valence-electron chi connectivity index (χ0n) is 12.1. The number of carbonyl (C=O) groups excluding carboxylic acids is 1. The van der Waals surface area contributed by atoms with Crippen LogP contribution in [0.2, 0.25) is 0 Å². The van der Waals surface area contributed by atoms with Crippen molar-refractivity contribution in [2.24, 2.45) is 0 Å². The molecule has 0 rings (SSSR count). The molecule has 0 spiro atoms. The fourth-order valence-corrected chi connectivity index (χ4v) is 1.36. The van der Waals surface area contributed by atoms with Crippen molar-refractivity contribution in [1.29, 1.82) is 0 Å². The van der Waals surface area contributed by atoms with Gasteiger partial charge in [-0.05, 0) is 19.5 Å². The van der Waals surface area contributed by atoms with E-state index in [4.69, 9.17) is 0 Å². The number of allylic oxidation sites excluding steroid dienone is 4. The number of nitrogens with one attached hydrogen (secondary N) is 3. The molecule has 0 aliphatic heterocycles. The summed E-state index contributed by atoms with van der Waals surface area (Å²) in [6, 6.07) is -0.405. The van der Waals surface area contributed by atoms with Crippen molar-refractivity contribution in [3.63, 3.8) is 0 Å². The van der Waals surface area contributed by atoms with Crippen molar-refractivity contribution in [2.75, 3.05) is 26.2 Å². The van der Waals surface area contributed by atoms with Crippen LogP contribution in [-0.4, -0.2) is 38.4 Å². The predicted octanol–water partition coefficient (Wildman–Crippen LogP) is 2.52. The van der Waals surface area contributed by atoms with E-state index in [9.17, 15) is 18.0 Å². The molecule has 0 radical (unpaired) electrons. The van der Waals surface area contributed by atoms with Crippen LogP contribution >= 0.6 is 0 Å². The Morgan fingerprint density at radius 2 is 1.95 bits per heavy atom. The molecule has 0 bridgehead atoms. The summed E-state index contributed by atoms with van der Waals surface area (Å²) in [6.45, 7) is 7.42. The molecule has 0 fully saturated rings. The lowest BCUT2D eigenvalue weighted by Gasteiger charge is -2.07. The van der Waals surface area contributed by atoms with Crippen LogP contribution in [0, 0.1) is 0 Å². The van der Waals surface area contributed by atoms with Gasteiger partial charge in [0.25, 0.3) is 0 Å². The Morgan fingerprint density at radius 3 is 2.52 bits per heavy atom. The number of halogens is 3. The molecule has 0 heterocycles. The van der Waals surface area contributed by atoms with Crippen molar-refractivity contribution in [3.05, 3.63) is 36.5 Å². The minimum Gasteiger partial charge on any atom is -0.338 e. The zero-order chi connectivity index (χ0) is 16.1. The second kappa shape index (κ2) is 11.0. The van der Waals surface area contributed by atoms with E-state index in [1.165, 1.54) is 6.08 Å². The van der Waals surface area contributed by atoms with Gasteiger partial charge in [-0.25, -0.2) is 4.79 Å². The molecule has 0 aliphatic carbocycles. The van der Waals surface area contributed by atoms with Gasteiger partial charge in [-0.15, -0.1) is 0 Å². The first-order chi connectivity index (χ1) is 9.91. The Kier molecular flexibility index (Phi) is 10.0. The number of hydrogen-bond donors (Lipinski definition) is 3. The van der Waals surface area contributed by atoms with Crippen molar-refractivity contribution >= 4 is 6.03 Å². The Labute approximate surface area is 123 Å². The van der Waals surface area contributed by atoms with E-state index in [-0.39, 0.29) is 6.54 Å². The van der Waals surface area contributed by atoms with Crippen LogP contribution in [0.15, 0.2) is 36.5 Å². The van der Waals surface area contributed by atoms with Crippen molar-refractivity contribution in [3.8, 4) is 0 Å². The quantitative estimate of drug-likeness (QED) is 0.453. The Balaban J connectivity index is 3.96. The molecule has 21 heavy (non-hydrogen) atoms. The van der Waals surface area contributed by atoms with Crippen molar-refractivity contribution < 1.29 is 18.0 Å². The van der Waals surface area contributed by atoms with Gasteiger partial charge in [0.1, 0.15) is 0 Å². The third kappa shape index (κ3) is 10.7. The highest BCUT2D eigenvalue weighted by Gasteiger charge is 2.30. The van der Waals surface area contributed by atoms with Gasteiger partial charge >= 0.3 is 12.2 Å². The molecule has 7 heteroatoms. The lowest BCUT2D eigenvalue weighted by molar-refractivity contribution is -0.0881. The molecule has 0 aromatic carbocycles. The van der Waals surface area contributed by atoms with Gasteiger partial charge in [0.2, 0.25) is 0 Å². The average molecular weight is 305 g/mol. The molecule has 0 atom stereocenters. The van der Waals surface area contributed by atoms with Crippen LogP contribution in [0.4, 0.5) is 18.0 Å². The fourth-order valence-electron chi connectivity index (χ4n) is 1.36. The van der Waals surface area contributed by atoms with Gasteiger partial charge in [0.15, 0.2) is 0 Å². The number of alkyl halides is 3. The molecule has 0 saturated heterocycles. The summed E-state index contributed by atoms with van der Waals surface area (Å²) in [5, 5.41) is 8.16. The van der Waals surface area contributed by atoms with Crippen molar-refractivity contribution in [1.82, 2.24) is 16.0 Å². The fraction of sp³-hybridized carbons (Fsp3) is 0.500. The van der Waals surface area contributed by atoms with Crippen molar-refractivity contribution in [2.45, 2.75) is 19.5 Å². The maximum Gasteiger partial charge on any atom is 0.416 e. The number of rotatable bonds is 9. The summed E-state index contributed by atoms with van der Waals surface area (Å²) < 4.78 is 37.5. The van der Waals surface area contributed by atoms with E-state index in [1.807, 2.05) is 6.92 Å². The third-order valence-corrected chi connectivity index (χ3v) is 2.37. The summed E-state index contributed by atoms with van der Waals surface area (Å²) in [5.41, 5.74) is -0.814. The highest BCUT2D eigenvalue weighted by molar-refractivity contribution is 5.73. The number of carbonyl (C=O) groups is 1. The van der Waals surface area contributed by atoms with Gasteiger partial charge in [-0.2, -0.15) is 13.2 Å². The standard InChI is InChI=1S/C14H22F3N3O/c1-3-7-12(14(15,16)17)8-5-10-19-13(21)20-11-6-9-18-4-2/h3,5,7-8,18H,1,4,6,9-11H2,2H3,(H2,19,20,21)/b8-5-,12-7+. The summed E-state index contributed by atoms with van der Waals surface area (Å²) >= 11 is 0. The first kappa shape index (κ1) is 19.2. The molecule has 2 amide bonds. The van der Waals surface area contributed by atoms with E-state index in [2.05, 4.69) is 22.5 Å². The number of amides is 2. The van der Waals surface area contributed by atoms with Gasteiger partial charge in [-0.3, -0.25) is 0 Å². The third-order valence-electron chi connectivity index (χ3n) is 2.37. The molecule has 4 nitrogen and oxygen atoms in total. The lowest BCUT2D eigenvalue weighted by Crippen LogP contribution is -2.36. The second-order valence-corrected chi connectivity index (χ2v) is 4.10. The maximum atomic E-state index is 12.5. The Hall–Kier alpha value is -1.76. The molecule has 3 N–H and O–H groups in total. The highest BCUT2D eigenvalue weighted by atomic mass is 19.4. The molecule has 0 aromatic heterocycles. The monoisotopic (exact) mass is 305 g/mol. The lowest BCUT2D eigenvalue weighted by atomic mass is 10.2. The van der Waals surface area contributed by atoms with Gasteiger partial charge in [-0.1, -0.05) is 37.8 Å². The number of urea groups is 1. The SMILES string of the molecule is C=C/C=C(\C=C/CNC(=O)NCCCNCC)C(F)(F)F. The molecule has 0 saturated carbocycles. The minimum atomic E-state index is -4.43. The summed E-state index contributed by atoms with van der Waals surface area (Å²) in [5.74, 6) is 0. The molecule has 0 aliphatic rings. The van der Waals surface area contributed by atoms with E-state index >= 15 is 0 Å². The van der Waals surface area contributed by atoms with Crippen LogP contribution in [0.25, 0.3) is 0 Å². The first-order valence-electron chi connectivity index (χ1n) is 6.70. The topological polar surface area (TPSA) is 53.2 Å². The summed E-state index contributed by atoms with van der Waals surface area (Å²) in [4.78, 5) is 11.3. The summed E-state index contributed by atoms with van der Waals surface area (Å²) in [7, 11) is 0. The van der Waals surface area contributed by atoms with Gasteiger partial charge in [0, 0.05) is 13.1 Å². The average Bonchev–Trinajstić information content (AvgIpc) is 2.41. The van der Waals surface area contributed by atoms with E-state index in [0.717, 1.165) is 37.7 Å². The van der Waals surface area contributed by atoms with Crippen LogP contribution in [0.1, 0.15) is 13.3 Å². The van der Waals surface area contributed by atoms with E-state index < -0.39 is 17.8 Å². The summed E-state index contributed by atoms with van der Waals surface area (Å²) in [6.07, 6.45) is 0.444. The maximum absolute atomic E-state index is 12.5. The molecular formula is C14H22F3N3O. The van der Waals surface area contributed by atoms with Crippen LogP contribution < -0.4 is 16.0 Å². The van der Waals surface area contributed by atoms with E-state index in [1.54, 1.807) is 0 Å². The second-order valence-electron chi connectivity index (χ2n) is 4.10. The predicted molar refractivity (Wildman–Crippen MR) is 78.0 cm³/mol. The Bertz CT molecular complexity index is 376. The van der Waals surface area contributed by atoms with Crippen LogP contribution in [0.3, 0.4) is 0 Å². The molecule has 120 valence electrons. The number of hydrogen-bond acceptors (Lipinski definition) is 2. The van der Waals surface area contributed by atoms with E-state index in [0.29, 0.717) is 6.54 Å². The molecular weight excluding hydrogens is 283 g/mol. The van der Waals surface area contributed by atoms with Crippen LogP contribution in [0.5, 0.6) is 0 Å². The van der Waals surface area contributed by atoms with Gasteiger partial charge in [0.05, 0.1) is 5.57 Å². The zero-order valence-corrected chi connectivity index (χ0v) is 12.1. The normalized spacial score (nSPS) is 12.5. The van der Waals surface area contributed by atoms with Gasteiger partial charge < -0.3 is 16.0 Å². The molecule has 0 aromatic rings. The Morgan fingerprint density at radius 1 is 1.24 bits per heavy atom.